The molecule has 1 aliphatic rings. The van der Waals surface area contributed by atoms with Gasteiger partial charge in [0.1, 0.15) is 0 Å². The molecule has 0 spiro atoms. The summed E-state index contributed by atoms with van der Waals surface area (Å²) in [5, 5.41) is 4.99. The van der Waals surface area contributed by atoms with Crippen molar-refractivity contribution in [1.29, 1.82) is 0 Å². The van der Waals surface area contributed by atoms with Gasteiger partial charge < -0.3 is 4.90 Å². The molecule has 8 aromatic rings. The first kappa shape index (κ1) is 28.3. The van der Waals surface area contributed by atoms with E-state index >= 15 is 0 Å². The molecular formula is C47H35N. The first-order valence-electron chi connectivity index (χ1n) is 16.8. The zero-order valence-electron chi connectivity index (χ0n) is 27.2. The Morgan fingerprint density at radius 1 is 0.354 bits per heavy atom. The molecule has 0 unspecified atom stereocenters. The van der Waals surface area contributed by atoms with Gasteiger partial charge in [-0.2, -0.15) is 0 Å². The third-order valence-electron chi connectivity index (χ3n) is 10.3. The van der Waals surface area contributed by atoms with Crippen LogP contribution in [-0.4, -0.2) is 0 Å². The summed E-state index contributed by atoms with van der Waals surface area (Å²) in [7, 11) is 0. The van der Waals surface area contributed by atoms with E-state index in [2.05, 4.69) is 195 Å². The number of rotatable bonds is 5. The lowest BCUT2D eigenvalue weighted by atomic mass is 9.82. The fraction of sp³-hybridized carbons (Fsp3) is 0.0638. The molecule has 9 rings (SSSR count). The van der Waals surface area contributed by atoms with E-state index in [1.54, 1.807) is 0 Å². The molecule has 0 heterocycles. The van der Waals surface area contributed by atoms with E-state index in [1.165, 1.54) is 77.4 Å². The molecule has 48 heavy (non-hydrogen) atoms. The lowest BCUT2D eigenvalue weighted by Crippen LogP contribution is -2.16. The number of benzene rings is 8. The second kappa shape index (κ2) is 11.1. The second-order valence-corrected chi connectivity index (χ2v) is 13.3. The molecule has 1 heteroatoms. The smallest absolute Gasteiger partial charge is 0.0543 e. The average Bonchev–Trinajstić information content (AvgIpc) is 3.38. The van der Waals surface area contributed by atoms with E-state index in [0.717, 1.165) is 5.69 Å². The van der Waals surface area contributed by atoms with Crippen LogP contribution in [-0.2, 0) is 5.41 Å². The van der Waals surface area contributed by atoms with Crippen LogP contribution in [0.4, 0.5) is 17.1 Å². The number of fused-ring (bicyclic) bond motifs is 5. The van der Waals surface area contributed by atoms with Crippen LogP contribution >= 0.6 is 0 Å². The van der Waals surface area contributed by atoms with Crippen LogP contribution in [0.3, 0.4) is 0 Å². The van der Waals surface area contributed by atoms with Gasteiger partial charge in [0.15, 0.2) is 0 Å². The molecular weight excluding hydrogens is 579 g/mol. The van der Waals surface area contributed by atoms with E-state index in [1.807, 2.05) is 0 Å². The summed E-state index contributed by atoms with van der Waals surface area (Å²) in [4.78, 5) is 2.51. The van der Waals surface area contributed by atoms with Gasteiger partial charge in [-0.25, -0.2) is 0 Å². The van der Waals surface area contributed by atoms with Gasteiger partial charge in [-0.15, -0.1) is 0 Å². The van der Waals surface area contributed by atoms with Crippen LogP contribution in [0.2, 0.25) is 0 Å². The summed E-state index contributed by atoms with van der Waals surface area (Å²) in [6.07, 6.45) is 0. The topological polar surface area (TPSA) is 3.24 Å². The number of hydrogen-bond acceptors (Lipinski definition) is 1. The molecule has 1 nitrogen and oxygen atoms in total. The third kappa shape index (κ3) is 4.39. The maximum Gasteiger partial charge on any atom is 0.0543 e. The quantitative estimate of drug-likeness (QED) is 0.187. The van der Waals surface area contributed by atoms with Gasteiger partial charge in [0.05, 0.1) is 17.1 Å². The van der Waals surface area contributed by atoms with E-state index < -0.39 is 0 Å². The minimum atomic E-state index is -0.0939. The van der Waals surface area contributed by atoms with Crippen LogP contribution in [0.25, 0.3) is 54.9 Å². The number of para-hydroxylation sites is 1. The van der Waals surface area contributed by atoms with Crippen molar-refractivity contribution in [2.24, 2.45) is 0 Å². The van der Waals surface area contributed by atoms with Crippen molar-refractivity contribution in [3.8, 4) is 33.4 Å². The van der Waals surface area contributed by atoms with E-state index in [4.69, 9.17) is 0 Å². The van der Waals surface area contributed by atoms with Gasteiger partial charge in [-0.3, -0.25) is 0 Å². The highest BCUT2D eigenvalue weighted by molar-refractivity contribution is 6.05. The fourth-order valence-electron chi connectivity index (χ4n) is 7.93. The van der Waals surface area contributed by atoms with Crippen LogP contribution < -0.4 is 4.90 Å². The van der Waals surface area contributed by atoms with Crippen LogP contribution in [0.1, 0.15) is 25.0 Å². The van der Waals surface area contributed by atoms with Crippen molar-refractivity contribution in [3.05, 3.63) is 187 Å². The molecule has 0 aliphatic heterocycles. The number of nitrogens with zero attached hydrogens (tertiary/aromatic N) is 1. The predicted octanol–water partition coefficient (Wildman–Crippen LogP) is 13.1. The van der Waals surface area contributed by atoms with E-state index in [-0.39, 0.29) is 5.41 Å². The Hall–Kier alpha value is -5.92. The Morgan fingerprint density at radius 2 is 0.833 bits per heavy atom. The Balaban J connectivity index is 1.27. The first-order chi connectivity index (χ1) is 23.6. The summed E-state index contributed by atoms with van der Waals surface area (Å²) in [6, 6.07) is 64.4. The van der Waals surface area contributed by atoms with Crippen molar-refractivity contribution in [1.82, 2.24) is 0 Å². The van der Waals surface area contributed by atoms with Crippen LogP contribution in [0, 0.1) is 0 Å². The molecule has 0 radical (unpaired) electrons. The molecule has 228 valence electrons. The Morgan fingerprint density at radius 3 is 1.62 bits per heavy atom. The summed E-state index contributed by atoms with van der Waals surface area (Å²) < 4.78 is 0. The minimum absolute atomic E-state index is 0.0939. The standard InChI is InChI=1S/C47H35N/c1-47(2)41-23-9-7-21-40(41)46-42(47)24-13-27-45(46)48(44-26-12-17-33-15-4-6-19-38(33)44)43-25-10-8-20-39(43)35-30-28-34(29-31-35)37-22-11-16-32-14-3-5-18-36(32)37/h3-31H,1-2H3. The van der Waals surface area contributed by atoms with Gasteiger partial charge in [-0.1, -0.05) is 172 Å². The highest BCUT2D eigenvalue weighted by Crippen LogP contribution is 2.55. The van der Waals surface area contributed by atoms with Crippen molar-refractivity contribution in [2.45, 2.75) is 19.3 Å². The largest absolute Gasteiger partial charge is 0.309 e. The zero-order chi connectivity index (χ0) is 32.2. The second-order valence-electron chi connectivity index (χ2n) is 13.3. The molecule has 0 aromatic heterocycles. The summed E-state index contributed by atoms with van der Waals surface area (Å²) in [6.45, 7) is 4.71. The summed E-state index contributed by atoms with van der Waals surface area (Å²) >= 11 is 0. The van der Waals surface area contributed by atoms with Crippen LogP contribution in [0.5, 0.6) is 0 Å². The predicted molar refractivity (Wildman–Crippen MR) is 205 cm³/mol. The highest BCUT2D eigenvalue weighted by atomic mass is 15.1. The Kier molecular flexibility index (Phi) is 6.55. The maximum absolute atomic E-state index is 2.51. The van der Waals surface area contributed by atoms with Gasteiger partial charge >= 0.3 is 0 Å². The van der Waals surface area contributed by atoms with Crippen molar-refractivity contribution >= 4 is 38.6 Å². The highest BCUT2D eigenvalue weighted by Gasteiger charge is 2.38. The average molecular weight is 614 g/mol. The molecule has 8 aromatic carbocycles. The molecule has 0 saturated heterocycles. The zero-order valence-corrected chi connectivity index (χ0v) is 27.2. The van der Waals surface area contributed by atoms with Gasteiger partial charge in [0.2, 0.25) is 0 Å². The van der Waals surface area contributed by atoms with Crippen molar-refractivity contribution in [2.75, 3.05) is 4.90 Å². The van der Waals surface area contributed by atoms with Crippen molar-refractivity contribution in [3.63, 3.8) is 0 Å². The third-order valence-corrected chi connectivity index (χ3v) is 10.3. The Bertz CT molecular complexity index is 2470. The molecule has 1 aliphatic carbocycles. The lowest BCUT2D eigenvalue weighted by molar-refractivity contribution is 0.660. The van der Waals surface area contributed by atoms with Gasteiger partial charge in [-0.05, 0) is 67.7 Å². The van der Waals surface area contributed by atoms with E-state index in [0.29, 0.717) is 0 Å². The normalized spacial score (nSPS) is 13.0. The summed E-state index contributed by atoms with van der Waals surface area (Å²) in [5.41, 5.74) is 13.7. The van der Waals surface area contributed by atoms with Crippen LogP contribution in [0.15, 0.2) is 176 Å². The molecule has 0 atom stereocenters. The summed E-state index contributed by atoms with van der Waals surface area (Å²) in [5.74, 6) is 0. The maximum atomic E-state index is 2.51. The fourth-order valence-corrected chi connectivity index (χ4v) is 7.93. The SMILES string of the molecule is CC1(C)c2ccccc2-c2c(N(c3ccccc3-c3ccc(-c4cccc5ccccc45)cc3)c3cccc4ccccc34)cccc21. The minimum Gasteiger partial charge on any atom is -0.309 e. The monoisotopic (exact) mass is 613 g/mol. The number of hydrogen-bond donors (Lipinski definition) is 0. The van der Waals surface area contributed by atoms with Gasteiger partial charge in [0, 0.05) is 21.9 Å². The van der Waals surface area contributed by atoms with Crippen molar-refractivity contribution < 1.29 is 0 Å². The molecule has 0 bridgehead atoms. The molecule has 0 N–H and O–H groups in total. The van der Waals surface area contributed by atoms with E-state index in [9.17, 15) is 0 Å². The molecule has 0 amide bonds. The molecule has 0 fully saturated rings. The number of anilines is 3. The Labute approximate surface area is 282 Å². The van der Waals surface area contributed by atoms with Gasteiger partial charge in [0.25, 0.3) is 0 Å². The lowest BCUT2D eigenvalue weighted by Gasteiger charge is -2.31. The first-order valence-corrected chi connectivity index (χ1v) is 16.8. The molecule has 0 saturated carbocycles.